The minimum Gasteiger partial charge on any atom is -0.323 e. The third-order valence-electron chi connectivity index (χ3n) is 1.56. The summed E-state index contributed by atoms with van der Waals surface area (Å²) in [6.07, 6.45) is 0. The Hall–Kier alpha value is 0.600. The van der Waals surface area contributed by atoms with E-state index >= 15 is 0 Å². The van der Waals surface area contributed by atoms with Gasteiger partial charge in [-0.3, -0.25) is 18.3 Å². The summed E-state index contributed by atoms with van der Waals surface area (Å²) in [5, 5.41) is 0. The zero-order valence-electron chi connectivity index (χ0n) is 7.50. The number of hydrogen-bond acceptors (Lipinski definition) is 4. The van der Waals surface area contributed by atoms with Gasteiger partial charge in [0, 0.05) is 0 Å². The molecule has 0 spiro atoms. The maximum Gasteiger partial charge on any atom is 0.369 e. The molecule has 8 N–H and O–H groups in total. The lowest BCUT2D eigenvalue weighted by Gasteiger charge is -2.34. The van der Waals surface area contributed by atoms with Gasteiger partial charge in [-0.1, -0.05) is 0 Å². The van der Waals surface area contributed by atoms with Crippen LogP contribution in [0.2, 0.25) is 0 Å². The van der Waals surface area contributed by atoms with Crippen molar-refractivity contribution in [3.8, 4) is 0 Å². The zero-order chi connectivity index (χ0) is 14.5. The standard InChI is InChI=1S/CH8O12P4/c2-14(3,4)1(15(5,6)7,16(8,9)10)17(11,12)13/h(H2,2,3,4)(H2,5,6,7)(H2,8,9,10)(H2,11,12,13). The molecule has 0 saturated carbocycles. The maximum atomic E-state index is 10.8. The van der Waals surface area contributed by atoms with Crippen LogP contribution in [0.1, 0.15) is 0 Å². The first kappa shape index (κ1) is 17.6. The lowest BCUT2D eigenvalue weighted by molar-refractivity contribution is 0.297. The van der Waals surface area contributed by atoms with E-state index in [0.717, 1.165) is 0 Å². The van der Waals surface area contributed by atoms with Crippen molar-refractivity contribution in [3.63, 3.8) is 0 Å². The van der Waals surface area contributed by atoms with Crippen molar-refractivity contribution in [2.75, 3.05) is 0 Å². The Morgan fingerprint density at radius 2 is 0.588 bits per heavy atom. The Morgan fingerprint density at radius 3 is 0.588 bits per heavy atom. The monoisotopic (exact) mass is 336 g/mol. The summed E-state index contributed by atoms with van der Waals surface area (Å²) in [5.74, 6) is 0. The molecular weight excluding hydrogens is 328 g/mol. The molecule has 0 atom stereocenters. The van der Waals surface area contributed by atoms with E-state index in [2.05, 4.69) is 0 Å². The summed E-state index contributed by atoms with van der Waals surface area (Å²) in [6.45, 7) is 0. The highest BCUT2D eigenvalue weighted by Crippen LogP contribution is 2.93. The first-order chi connectivity index (χ1) is 7.00. The van der Waals surface area contributed by atoms with Crippen LogP contribution in [0.5, 0.6) is 0 Å². The molecule has 16 heteroatoms. The summed E-state index contributed by atoms with van der Waals surface area (Å²) in [7, 11) is -26.2. The highest BCUT2D eigenvalue weighted by molar-refractivity contribution is 8.03. The molecule has 0 aliphatic carbocycles. The van der Waals surface area contributed by atoms with Crippen molar-refractivity contribution in [1.82, 2.24) is 0 Å². The van der Waals surface area contributed by atoms with Crippen LogP contribution >= 0.6 is 30.4 Å². The largest absolute Gasteiger partial charge is 0.369 e. The van der Waals surface area contributed by atoms with Gasteiger partial charge >= 0.3 is 34.8 Å². The van der Waals surface area contributed by atoms with E-state index in [9.17, 15) is 18.3 Å². The van der Waals surface area contributed by atoms with E-state index in [4.69, 9.17) is 39.1 Å². The summed E-state index contributed by atoms with van der Waals surface area (Å²) in [4.78, 5) is 68.6. The van der Waals surface area contributed by atoms with Crippen molar-refractivity contribution < 1.29 is 57.4 Å². The summed E-state index contributed by atoms with van der Waals surface area (Å²) in [6, 6.07) is 0. The molecule has 0 radical (unpaired) electrons. The second-order valence-corrected chi connectivity index (χ2v) is 11.9. The summed E-state index contributed by atoms with van der Waals surface area (Å²) in [5.41, 5.74) is 0. The molecule has 0 heterocycles. The normalized spacial score (nSPS) is 16.0. The second-order valence-electron chi connectivity index (χ2n) is 2.78. The van der Waals surface area contributed by atoms with Crippen molar-refractivity contribution in [1.29, 1.82) is 0 Å². The van der Waals surface area contributed by atoms with Crippen molar-refractivity contribution in [3.05, 3.63) is 0 Å². The molecule has 12 nitrogen and oxygen atoms in total. The summed E-state index contributed by atoms with van der Waals surface area (Å²) < 4.78 is 38.2. The van der Waals surface area contributed by atoms with Crippen LogP contribution in [0.3, 0.4) is 0 Å². The van der Waals surface area contributed by atoms with Crippen LogP contribution in [0.4, 0.5) is 0 Å². The van der Waals surface area contributed by atoms with Crippen molar-refractivity contribution >= 4 is 30.4 Å². The predicted octanol–water partition coefficient (Wildman–Crippen LogP) is -1.69. The van der Waals surface area contributed by atoms with Gasteiger partial charge in [0.05, 0.1) is 0 Å². The van der Waals surface area contributed by atoms with Crippen LogP contribution in [-0.2, 0) is 18.3 Å². The van der Waals surface area contributed by atoms with Crippen LogP contribution in [0.15, 0.2) is 0 Å². The fourth-order valence-corrected chi connectivity index (χ4v) is 9.16. The van der Waals surface area contributed by atoms with Gasteiger partial charge in [0.25, 0.3) is 0 Å². The van der Waals surface area contributed by atoms with E-state index in [0.29, 0.717) is 0 Å². The van der Waals surface area contributed by atoms with E-state index in [1.807, 2.05) is 0 Å². The average Bonchev–Trinajstić information content (AvgIpc) is 1.67. The molecule has 0 saturated heterocycles. The van der Waals surface area contributed by atoms with Crippen molar-refractivity contribution in [2.45, 2.75) is 4.38 Å². The van der Waals surface area contributed by atoms with Gasteiger partial charge in [-0.25, -0.2) is 0 Å². The Bertz CT molecular complexity index is 383. The first-order valence-corrected chi connectivity index (χ1v) is 9.67. The molecule has 0 aliphatic rings. The fraction of sp³-hybridized carbons (Fsp3) is 1.00. The SMILES string of the molecule is O=P(O)(O)C(P(=O)(O)O)(P(=O)(O)O)P(=O)(O)O. The Kier molecular flexibility index (Phi) is 4.47. The lowest BCUT2D eigenvalue weighted by atomic mass is 11.8. The molecule has 104 valence electrons. The second kappa shape index (κ2) is 4.31. The molecule has 0 aromatic rings. The van der Waals surface area contributed by atoms with Gasteiger partial charge < -0.3 is 39.1 Å². The topological polar surface area (TPSA) is 230 Å². The van der Waals surface area contributed by atoms with Crippen LogP contribution in [0.25, 0.3) is 0 Å². The maximum absolute atomic E-state index is 10.8. The quantitative estimate of drug-likeness (QED) is 0.269. The van der Waals surface area contributed by atoms with Gasteiger partial charge in [0.1, 0.15) is 0 Å². The van der Waals surface area contributed by atoms with E-state index in [1.165, 1.54) is 0 Å². The molecule has 0 bridgehead atoms. The lowest BCUT2D eigenvalue weighted by Crippen LogP contribution is -2.29. The van der Waals surface area contributed by atoms with Crippen molar-refractivity contribution in [2.24, 2.45) is 0 Å². The number of rotatable bonds is 4. The smallest absolute Gasteiger partial charge is 0.323 e. The van der Waals surface area contributed by atoms with Gasteiger partial charge in [0.2, 0.25) is 0 Å². The highest BCUT2D eigenvalue weighted by atomic mass is 31.3. The minimum atomic E-state index is -6.56. The molecule has 17 heavy (non-hydrogen) atoms. The van der Waals surface area contributed by atoms with Gasteiger partial charge in [-0.2, -0.15) is 0 Å². The molecule has 0 rings (SSSR count). The van der Waals surface area contributed by atoms with Crippen LogP contribution in [-0.4, -0.2) is 43.5 Å². The molecule has 0 aromatic carbocycles. The predicted molar refractivity (Wildman–Crippen MR) is 50.9 cm³/mol. The minimum absolute atomic E-state index is 5.08. The van der Waals surface area contributed by atoms with Crippen LogP contribution in [0, 0.1) is 0 Å². The molecular formula is CH8O12P4. The first-order valence-electron chi connectivity index (χ1n) is 3.22. The number of hydrogen-bond donors (Lipinski definition) is 8. The third-order valence-corrected chi connectivity index (χ3v) is 14.1. The van der Waals surface area contributed by atoms with E-state index in [-0.39, 0.29) is 0 Å². The van der Waals surface area contributed by atoms with E-state index in [1.54, 1.807) is 0 Å². The Labute approximate surface area is 92.9 Å². The molecule has 0 fully saturated rings. The van der Waals surface area contributed by atoms with Gasteiger partial charge in [-0.15, -0.1) is 0 Å². The zero-order valence-corrected chi connectivity index (χ0v) is 11.1. The Morgan fingerprint density at radius 1 is 0.471 bits per heavy atom. The van der Waals surface area contributed by atoms with E-state index < -0.39 is 34.8 Å². The van der Waals surface area contributed by atoms with Crippen LogP contribution < -0.4 is 0 Å². The molecule has 0 aliphatic heterocycles. The highest BCUT2D eigenvalue weighted by Gasteiger charge is 2.82. The third kappa shape index (κ3) is 2.64. The Balaban J connectivity index is 6.84. The van der Waals surface area contributed by atoms with Gasteiger partial charge in [0.15, 0.2) is 0 Å². The summed E-state index contributed by atoms with van der Waals surface area (Å²) >= 11 is 0. The molecule has 0 amide bonds. The fourth-order valence-electron chi connectivity index (χ4n) is 1.02. The molecule has 0 unspecified atom stereocenters. The molecule has 0 aromatic heterocycles. The van der Waals surface area contributed by atoms with Gasteiger partial charge in [-0.05, 0) is 0 Å². The average molecular weight is 336 g/mol.